The quantitative estimate of drug-likeness (QED) is 0.454. The van der Waals surface area contributed by atoms with E-state index in [1.807, 2.05) is 18.3 Å². The Morgan fingerprint density at radius 2 is 1.51 bits per heavy atom. The van der Waals surface area contributed by atoms with E-state index in [4.69, 9.17) is 29.5 Å². The van der Waals surface area contributed by atoms with E-state index in [1.54, 1.807) is 19.5 Å². The van der Waals surface area contributed by atoms with Gasteiger partial charge in [0.05, 0.1) is 19.0 Å². The molecule has 0 aliphatic carbocycles. The lowest BCUT2D eigenvalue weighted by atomic mass is 10.2. The van der Waals surface area contributed by atoms with Gasteiger partial charge in [-0.05, 0) is 12.1 Å². The fraction of sp³-hybridized carbons (Fsp3) is 0.348. The third-order valence-electron chi connectivity index (χ3n) is 5.08. The highest BCUT2D eigenvalue weighted by atomic mass is 19.4. The average molecular weight is 563 g/mol. The summed E-state index contributed by atoms with van der Waals surface area (Å²) in [6.45, 7) is 4.73. The lowest BCUT2D eigenvalue weighted by Crippen LogP contribution is -2.46. The lowest BCUT2D eigenvalue weighted by molar-refractivity contribution is -0.193. The topological polar surface area (TPSA) is 129 Å². The summed E-state index contributed by atoms with van der Waals surface area (Å²) in [6, 6.07) is 10.2. The van der Waals surface area contributed by atoms with Crippen molar-refractivity contribution in [3.8, 4) is 5.75 Å². The lowest BCUT2D eigenvalue weighted by Gasteiger charge is -2.35. The molecule has 2 aromatic heterocycles. The highest BCUT2D eigenvalue weighted by Crippen LogP contribution is 2.24. The molecule has 1 saturated heterocycles. The van der Waals surface area contributed by atoms with E-state index < -0.39 is 24.3 Å². The van der Waals surface area contributed by atoms with E-state index in [-0.39, 0.29) is 0 Å². The number of piperazine rings is 1. The number of carbonyl (C=O) groups is 2. The molecule has 10 nitrogen and oxygen atoms in total. The van der Waals surface area contributed by atoms with Crippen LogP contribution in [0.5, 0.6) is 5.75 Å². The van der Waals surface area contributed by atoms with Crippen molar-refractivity contribution in [2.24, 2.45) is 0 Å². The van der Waals surface area contributed by atoms with E-state index in [1.165, 1.54) is 0 Å². The molecule has 212 valence electrons. The van der Waals surface area contributed by atoms with E-state index in [9.17, 15) is 26.3 Å². The summed E-state index contributed by atoms with van der Waals surface area (Å²) in [4.78, 5) is 35.8. The normalized spacial score (nSPS) is 14.0. The number of ether oxygens (including phenoxy) is 1. The molecule has 0 atom stereocenters. The van der Waals surface area contributed by atoms with Gasteiger partial charge in [-0.1, -0.05) is 18.2 Å². The molecule has 4 rings (SSSR count). The number of hydrogen-bond donors (Lipinski definition) is 2. The van der Waals surface area contributed by atoms with Gasteiger partial charge in [0, 0.05) is 50.5 Å². The molecule has 0 spiro atoms. The third kappa shape index (κ3) is 9.88. The van der Waals surface area contributed by atoms with Gasteiger partial charge in [0.25, 0.3) is 0 Å². The monoisotopic (exact) mass is 563 g/mol. The predicted molar refractivity (Wildman–Crippen MR) is 125 cm³/mol. The number of fused-ring (bicyclic) bond motifs is 1. The summed E-state index contributed by atoms with van der Waals surface area (Å²) in [5, 5.41) is 15.4. The van der Waals surface area contributed by atoms with Gasteiger partial charge < -0.3 is 19.8 Å². The molecule has 3 heterocycles. The summed E-state index contributed by atoms with van der Waals surface area (Å²) in [7, 11) is 1.69. The number of carboxylic acids is 2. The molecule has 16 heteroatoms. The van der Waals surface area contributed by atoms with E-state index in [0.717, 1.165) is 60.9 Å². The van der Waals surface area contributed by atoms with Crippen molar-refractivity contribution in [2.75, 3.05) is 38.2 Å². The maximum atomic E-state index is 10.6. The van der Waals surface area contributed by atoms with Crippen molar-refractivity contribution >= 4 is 28.7 Å². The van der Waals surface area contributed by atoms with Gasteiger partial charge in [0.15, 0.2) is 0 Å². The highest BCUT2D eigenvalue weighted by molar-refractivity contribution is 5.84. The van der Waals surface area contributed by atoms with Gasteiger partial charge >= 0.3 is 24.3 Å². The Kier molecular flexibility index (Phi) is 10.8. The molecule has 1 aliphatic rings. The fourth-order valence-electron chi connectivity index (χ4n) is 3.23. The van der Waals surface area contributed by atoms with Gasteiger partial charge in [0.1, 0.15) is 17.1 Å². The van der Waals surface area contributed by atoms with Crippen LogP contribution in [-0.4, -0.2) is 87.6 Å². The number of anilines is 1. The maximum absolute atomic E-state index is 10.6. The first-order valence-corrected chi connectivity index (χ1v) is 11.0. The van der Waals surface area contributed by atoms with Crippen molar-refractivity contribution < 1.29 is 50.9 Å². The minimum absolute atomic E-state index is 0.826. The molecule has 1 aliphatic heterocycles. The molecule has 0 unspecified atom stereocenters. The molecule has 0 saturated carbocycles. The van der Waals surface area contributed by atoms with Crippen molar-refractivity contribution in [3.63, 3.8) is 0 Å². The summed E-state index contributed by atoms with van der Waals surface area (Å²) in [5.41, 5.74) is 2.01. The van der Waals surface area contributed by atoms with Crippen LogP contribution in [0.3, 0.4) is 0 Å². The molecule has 39 heavy (non-hydrogen) atoms. The molecule has 1 fully saturated rings. The molecule has 0 radical (unpaired) electrons. The Hall–Kier alpha value is -4.21. The Morgan fingerprint density at radius 3 is 2.00 bits per heavy atom. The van der Waals surface area contributed by atoms with Crippen molar-refractivity contribution in [1.82, 2.24) is 19.9 Å². The Balaban J connectivity index is 0.000000317. The van der Waals surface area contributed by atoms with Crippen LogP contribution in [0.1, 0.15) is 5.69 Å². The Morgan fingerprint density at radius 1 is 0.923 bits per heavy atom. The van der Waals surface area contributed by atoms with E-state index in [0.29, 0.717) is 0 Å². The number of pyridine rings is 1. The second-order valence-electron chi connectivity index (χ2n) is 7.77. The number of para-hydroxylation sites is 1. The SMILES string of the molecule is COc1cccc2ccc(CN3CCN(c4cnccn4)CC3)nc12.O=C(O)C(F)(F)F.O=C(O)C(F)(F)F. The summed E-state index contributed by atoms with van der Waals surface area (Å²) in [5.74, 6) is -3.73. The van der Waals surface area contributed by atoms with Crippen LogP contribution in [0.15, 0.2) is 48.9 Å². The van der Waals surface area contributed by atoms with Crippen LogP contribution in [-0.2, 0) is 16.1 Å². The molecule has 0 amide bonds. The number of carboxylic acid groups (broad SMARTS) is 2. The number of nitrogens with zero attached hydrogens (tertiary/aromatic N) is 5. The van der Waals surface area contributed by atoms with Crippen LogP contribution >= 0.6 is 0 Å². The fourth-order valence-corrected chi connectivity index (χ4v) is 3.23. The number of methoxy groups -OCH3 is 1. The van der Waals surface area contributed by atoms with Crippen LogP contribution in [0.2, 0.25) is 0 Å². The molecule has 1 aromatic carbocycles. The van der Waals surface area contributed by atoms with Crippen LogP contribution in [0, 0.1) is 0 Å². The highest BCUT2D eigenvalue weighted by Gasteiger charge is 2.38. The van der Waals surface area contributed by atoms with Gasteiger partial charge in [-0.3, -0.25) is 9.88 Å². The van der Waals surface area contributed by atoms with Crippen LogP contribution in [0.25, 0.3) is 10.9 Å². The van der Waals surface area contributed by atoms with Crippen molar-refractivity contribution in [2.45, 2.75) is 18.9 Å². The molecule has 2 N–H and O–H groups in total. The smallest absolute Gasteiger partial charge is 0.490 e. The first-order chi connectivity index (χ1) is 18.2. The van der Waals surface area contributed by atoms with Crippen molar-refractivity contribution in [1.29, 1.82) is 0 Å². The van der Waals surface area contributed by atoms with E-state index in [2.05, 4.69) is 38.0 Å². The van der Waals surface area contributed by atoms with Gasteiger partial charge in [-0.15, -0.1) is 0 Å². The van der Waals surface area contributed by atoms with Gasteiger partial charge in [-0.25, -0.2) is 19.6 Å². The number of halogens is 6. The number of alkyl halides is 6. The number of hydrogen-bond acceptors (Lipinski definition) is 8. The number of benzene rings is 1. The second kappa shape index (κ2) is 13.5. The van der Waals surface area contributed by atoms with E-state index >= 15 is 0 Å². The van der Waals surface area contributed by atoms with Crippen LogP contribution < -0.4 is 9.64 Å². The number of aromatic nitrogens is 3. The third-order valence-corrected chi connectivity index (χ3v) is 5.08. The zero-order chi connectivity index (χ0) is 29.2. The molecular weight excluding hydrogens is 540 g/mol. The Labute approximate surface area is 217 Å². The standard InChI is InChI=1S/C19H21N5O.2C2HF3O2/c1-25-17-4-2-3-15-5-6-16(22-19(15)17)14-23-9-11-24(12-10-23)18-13-20-7-8-21-18;2*3-2(4,5)1(6)7/h2-8,13H,9-12,14H2,1H3;2*(H,6,7). The molecule has 0 bridgehead atoms. The average Bonchev–Trinajstić information content (AvgIpc) is 2.89. The summed E-state index contributed by atoms with van der Waals surface area (Å²) < 4.78 is 68.9. The minimum atomic E-state index is -5.08. The molecular formula is C23H23F6N5O5. The number of rotatable bonds is 4. The maximum Gasteiger partial charge on any atom is 0.490 e. The molecule has 3 aromatic rings. The predicted octanol–water partition coefficient (Wildman–Crippen LogP) is 3.62. The largest absolute Gasteiger partial charge is 0.494 e. The Bertz CT molecular complexity index is 1210. The van der Waals surface area contributed by atoms with Gasteiger partial charge in [-0.2, -0.15) is 26.3 Å². The first-order valence-electron chi connectivity index (χ1n) is 11.0. The summed E-state index contributed by atoms with van der Waals surface area (Å²) >= 11 is 0. The number of aliphatic carboxylic acids is 2. The minimum Gasteiger partial charge on any atom is -0.494 e. The van der Waals surface area contributed by atoms with Crippen LogP contribution in [0.4, 0.5) is 32.2 Å². The van der Waals surface area contributed by atoms with Crippen molar-refractivity contribution in [3.05, 3.63) is 54.6 Å². The summed E-state index contributed by atoms with van der Waals surface area (Å²) in [6.07, 6.45) is -4.89. The zero-order valence-electron chi connectivity index (χ0n) is 20.3. The first kappa shape index (κ1) is 31.0. The van der Waals surface area contributed by atoms with Gasteiger partial charge in [0.2, 0.25) is 0 Å². The zero-order valence-corrected chi connectivity index (χ0v) is 20.3. The second-order valence-corrected chi connectivity index (χ2v) is 7.77.